The molecule has 1 aromatic rings. The van der Waals surface area contributed by atoms with Gasteiger partial charge in [0.1, 0.15) is 0 Å². The molecular weight excluding hydrogens is 314 g/mol. The van der Waals surface area contributed by atoms with Crippen LogP contribution in [0, 0.1) is 10.1 Å². The largest absolute Gasteiger partial charge is 0.348 e. The molecule has 19 heavy (non-hydrogen) atoms. The third kappa shape index (κ3) is 3.74. The molecule has 0 aliphatic carbocycles. The lowest BCUT2D eigenvalue weighted by Crippen LogP contribution is -2.45. The van der Waals surface area contributed by atoms with Crippen molar-refractivity contribution in [1.29, 1.82) is 0 Å². The van der Waals surface area contributed by atoms with Gasteiger partial charge >= 0.3 is 0 Å². The van der Waals surface area contributed by atoms with E-state index in [2.05, 4.69) is 26.6 Å². The van der Waals surface area contributed by atoms with E-state index in [0.29, 0.717) is 10.0 Å². The van der Waals surface area contributed by atoms with Gasteiger partial charge in [-0.1, -0.05) is 15.9 Å². The number of carbonyl (C=O) groups excluding carboxylic acids is 1. The van der Waals surface area contributed by atoms with Gasteiger partial charge < -0.3 is 10.6 Å². The first-order valence-electron chi connectivity index (χ1n) is 6.03. The Hall–Kier alpha value is -1.47. The number of halogens is 1. The number of nitro benzene ring substituents is 1. The second-order valence-corrected chi connectivity index (χ2v) is 5.39. The van der Waals surface area contributed by atoms with Crippen LogP contribution in [0.25, 0.3) is 0 Å². The van der Waals surface area contributed by atoms with Crippen LogP contribution >= 0.6 is 15.9 Å². The van der Waals surface area contributed by atoms with Crippen molar-refractivity contribution < 1.29 is 9.72 Å². The molecule has 1 aliphatic heterocycles. The Kier molecular flexibility index (Phi) is 4.49. The van der Waals surface area contributed by atoms with E-state index in [1.165, 1.54) is 12.1 Å². The first-order valence-corrected chi connectivity index (χ1v) is 6.82. The molecule has 2 rings (SSSR count). The molecule has 1 amide bonds. The zero-order valence-corrected chi connectivity index (χ0v) is 11.8. The fourth-order valence-electron chi connectivity index (χ4n) is 2.05. The summed E-state index contributed by atoms with van der Waals surface area (Å²) < 4.78 is 0.522. The van der Waals surface area contributed by atoms with Gasteiger partial charge in [0.15, 0.2) is 0 Å². The van der Waals surface area contributed by atoms with Crippen LogP contribution in [-0.2, 0) is 0 Å². The molecule has 0 saturated carbocycles. The maximum Gasteiger partial charge on any atom is 0.271 e. The van der Waals surface area contributed by atoms with Crippen LogP contribution in [0.5, 0.6) is 0 Å². The number of nitrogens with one attached hydrogen (secondary N) is 2. The average Bonchev–Trinajstić information content (AvgIpc) is 2.39. The highest BCUT2D eigenvalue weighted by Gasteiger charge is 2.18. The summed E-state index contributed by atoms with van der Waals surface area (Å²) in [5.41, 5.74) is 0.202. The number of hydrogen-bond donors (Lipinski definition) is 2. The number of piperidine rings is 1. The van der Waals surface area contributed by atoms with Gasteiger partial charge in [-0.3, -0.25) is 14.9 Å². The summed E-state index contributed by atoms with van der Waals surface area (Å²) in [6, 6.07) is 4.33. The zero-order valence-electron chi connectivity index (χ0n) is 10.2. The Morgan fingerprint density at radius 3 is 2.89 bits per heavy atom. The molecule has 0 bridgehead atoms. The van der Waals surface area contributed by atoms with Gasteiger partial charge in [-0.2, -0.15) is 0 Å². The molecule has 6 nitrogen and oxygen atoms in total. The highest BCUT2D eigenvalue weighted by molar-refractivity contribution is 9.10. The third-order valence-corrected chi connectivity index (χ3v) is 3.45. The molecule has 1 unspecified atom stereocenters. The highest BCUT2D eigenvalue weighted by atomic mass is 79.9. The van der Waals surface area contributed by atoms with E-state index in [-0.39, 0.29) is 17.6 Å². The van der Waals surface area contributed by atoms with Crippen molar-refractivity contribution in [2.24, 2.45) is 0 Å². The van der Waals surface area contributed by atoms with Crippen LogP contribution in [-0.4, -0.2) is 30.0 Å². The second kappa shape index (κ2) is 6.12. The van der Waals surface area contributed by atoms with E-state index < -0.39 is 4.92 Å². The van der Waals surface area contributed by atoms with Gasteiger partial charge in [-0.25, -0.2) is 0 Å². The Morgan fingerprint density at radius 1 is 1.47 bits per heavy atom. The first-order chi connectivity index (χ1) is 9.06. The van der Waals surface area contributed by atoms with Gasteiger partial charge in [0, 0.05) is 34.8 Å². The van der Waals surface area contributed by atoms with Crippen LogP contribution in [0.15, 0.2) is 22.7 Å². The first kappa shape index (κ1) is 14.0. The van der Waals surface area contributed by atoms with E-state index in [4.69, 9.17) is 0 Å². The smallest absolute Gasteiger partial charge is 0.271 e. The fraction of sp³-hybridized carbons (Fsp3) is 0.417. The van der Waals surface area contributed by atoms with E-state index >= 15 is 0 Å². The molecule has 1 saturated heterocycles. The molecule has 1 aromatic carbocycles. The SMILES string of the molecule is O=C(NC1CCCNC1)c1cc(Br)cc([N+](=O)[O-])c1. The van der Waals surface area contributed by atoms with Gasteiger partial charge in [-0.05, 0) is 25.5 Å². The summed E-state index contributed by atoms with van der Waals surface area (Å²) in [7, 11) is 0. The number of amides is 1. The van der Waals surface area contributed by atoms with Crippen molar-refractivity contribution in [3.05, 3.63) is 38.3 Å². The van der Waals surface area contributed by atoms with Gasteiger partial charge in [0.2, 0.25) is 0 Å². The number of rotatable bonds is 3. The topological polar surface area (TPSA) is 84.3 Å². The Balaban J connectivity index is 2.11. The third-order valence-electron chi connectivity index (χ3n) is 2.99. The molecule has 1 aliphatic rings. The predicted octanol–water partition coefficient (Wildman–Crippen LogP) is 1.84. The van der Waals surface area contributed by atoms with Crippen molar-refractivity contribution in [3.63, 3.8) is 0 Å². The molecule has 0 radical (unpaired) electrons. The zero-order chi connectivity index (χ0) is 13.8. The van der Waals surface area contributed by atoms with Crippen LogP contribution in [0.4, 0.5) is 5.69 Å². The maximum absolute atomic E-state index is 12.1. The number of nitro groups is 1. The van der Waals surface area contributed by atoms with E-state index in [9.17, 15) is 14.9 Å². The van der Waals surface area contributed by atoms with E-state index in [0.717, 1.165) is 25.9 Å². The summed E-state index contributed by atoms with van der Waals surface area (Å²) in [6.07, 6.45) is 1.94. The quantitative estimate of drug-likeness (QED) is 0.655. The Morgan fingerprint density at radius 2 is 2.26 bits per heavy atom. The lowest BCUT2D eigenvalue weighted by atomic mass is 10.1. The van der Waals surface area contributed by atoms with Crippen LogP contribution in [0.1, 0.15) is 23.2 Å². The Labute approximate surface area is 118 Å². The minimum Gasteiger partial charge on any atom is -0.348 e. The molecule has 0 spiro atoms. The lowest BCUT2D eigenvalue weighted by Gasteiger charge is -2.23. The summed E-state index contributed by atoms with van der Waals surface area (Å²) in [5.74, 6) is -0.280. The number of hydrogen-bond acceptors (Lipinski definition) is 4. The van der Waals surface area contributed by atoms with Crippen LogP contribution in [0.3, 0.4) is 0 Å². The highest BCUT2D eigenvalue weighted by Crippen LogP contribution is 2.21. The second-order valence-electron chi connectivity index (χ2n) is 4.47. The molecule has 7 heteroatoms. The summed E-state index contributed by atoms with van der Waals surface area (Å²) >= 11 is 3.18. The van der Waals surface area contributed by atoms with Crippen molar-refractivity contribution in [3.8, 4) is 0 Å². The molecule has 1 heterocycles. The Bertz CT molecular complexity index is 501. The van der Waals surface area contributed by atoms with E-state index in [1.54, 1.807) is 6.07 Å². The molecule has 1 fully saturated rings. The predicted molar refractivity (Wildman–Crippen MR) is 74.2 cm³/mol. The monoisotopic (exact) mass is 327 g/mol. The summed E-state index contributed by atoms with van der Waals surface area (Å²) in [5, 5.41) is 16.8. The van der Waals surface area contributed by atoms with Crippen LogP contribution < -0.4 is 10.6 Å². The summed E-state index contributed by atoms with van der Waals surface area (Å²) in [4.78, 5) is 22.3. The number of nitrogens with zero attached hydrogens (tertiary/aromatic N) is 1. The van der Waals surface area contributed by atoms with Gasteiger partial charge in [0.05, 0.1) is 4.92 Å². The maximum atomic E-state index is 12.1. The minimum atomic E-state index is -0.510. The fourth-order valence-corrected chi connectivity index (χ4v) is 2.54. The van der Waals surface area contributed by atoms with E-state index in [1.807, 2.05) is 0 Å². The number of non-ortho nitro benzene ring substituents is 1. The van der Waals surface area contributed by atoms with Gasteiger partial charge in [-0.15, -0.1) is 0 Å². The lowest BCUT2D eigenvalue weighted by molar-refractivity contribution is -0.385. The average molecular weight is 328 g/mol. The normalized spacial score (nSPS) is 18.9. The number of benzene rings is 1. The molecular formula is C12H14BrN3O3. The van der Waals surface area contributed by atoms with Crippen LogP contribution in [0.2, 0.25) is 0 Å². The van der Waals surface area contributed by atoms with Gasteiger partial charge in [0.25, 0.3) is 11.6 Å². The molecule has 102 valence electrons. The number of carbonyl (C=O) groups is 1. The van der Waals surface area contributed by atoms with Crippen molar-refractivity contribution in [2.75, 3.05) is 13.1 Å². The standard InChI is InChI=1S/C12H14BrN3O3/c13-9-4-8(5-11(6-9)16(18)19)12(17)15-10-2-1-3-14-7-10/h4-6,10,14H,1-3,7H2,(H,15,17). The summed E-state index contributed by atoms with van der Waals surface area (Å²) in [6.45, 7) is 1.70. The molecule has 1 atom stereocenters. The molecule has 0 aromatic heterocycles. The van der Waals surface area contributed by atoms with Crippen molar-refractivity contribution in [1.82, 2.24) is 10.6 Å². The molecule has 2 N–H and O–H groups in total. The minimum absolute atomic E-state index is 0.0827. The van der Waals surface area contributed by atoms with Crippen molar-refractivity contribution >= 4 is 27.5 Å². The van der Waals surface area contributed by atoms with Crippen molar-refractivity contribution in [2.45, 2.75) is 18.9 Å².